The van der Waals surface area contributed by atoms with E-state index in [1.165, 1.54) is 17.8 Å². The molecule has 0 aliphatic heterocycles. The van der Waals surface area contributed by atoms with Gasteiger partial charge in [-0.1, -0.05) is 11.6 Å². The van der Waals surface area contributed by atoms with Crippen LogP contribution in [-0.4, -0.2) is 36.3 Å². The van der Waals surface area contributed by atoms with Crippen LogP contribution in [0.1, 0.15) is 13.0 Å². The second-order valence-electron chi connectivity index (χ2n) is 3.32. The summed E-state index contributed by atoms with van der Waals surface area (Å²) in [5.74, 6) is -0.732. The summed E-state index contributed by atoms with van der Waals surface area (Å²) in [6.45, 7) is 1.48. The summed E-state index contributed by atoms with van der Waals surface area (Å²) >= 11 is 5.71. The molecule has 2 heterocycles. The summed E-state index contributed by atoms with van der Waals surface area (Å²) < 4.78 is 1.19. The molecule has 0 saturated heterocycles. The van der Waals surface area contributed by atoms with Crippen LogP contribution >= 0.6 is 11.6 Å². The summed E-state index contributed by atoms with van der Waals surface area (Å²) in [7, 11) is 0. The van der Waals surface area contributed by atoms with Gasteiger partial charge in [-0.05, 0) is 29.5 Å². The van der Waals surface area contributed by atoms with Crippen molar-refractivity contribution in [2.75, 3.05) is 0 Å². The Hall–Kier alpha value is -2.02. The zero-order valence-electron chi connectivity index (χ0n) is 8.78. The fraction of sp³-hybridized carbons (Fsp3) is 0.222. The van der Waals surface area contributed by atoms with Crippen LogP contribution < -0.4 is 0 Å². The van der Waals surface area contributed by atoms with Crippen LogP contribution in [0.2, 0.25) is 5.02 Å². The van der Waals surface area contributed by atoms with E-state index in [9.17, 15) is 4.79 Å². The van der Waals surface area contributed by atoms with Crippen molar-refractivity contribution in [2.24, 2.45) is 0 Å². The minimum Gasteiger partial charge on any atom is -0.480 e. The molecule has 0 aliphatic carbocycles. The van der Waals surface area contributed by atoms with Crippen molar-refractivity contribution in [3.63, 3.8) is 0 Å². The summed E-state index contributed by atoms with van der Waals surface area (Å²) in [6, 6.07) is 2.39. The molecule has 7 nitrogen and oxygen atoms in total. The van der Waals surface area contributed by atoms with Crippen molar-refractivity contribution in [2.45, 2.75) is 13.0 Å². The molecule has 0 bridgehead atoms. The predicted molar refractivity (Wildman–Crippen MR) is 58.4 cm³/mol. The Balaban J connectivity index is 2.43. The number of halogens is 1. The number of aromatic nitrogens is 5. The summed E-state index contributed by atoms with van der Waals surface area (Å²) in [5.41, 5.74) is 0.465. The largest absolute Gasteiger partial charge is 0.480 e. The third-order valence-corrected chi connectivity index (χ3v) is 2.40. The number of carbonyl (C=O) groups is 1. The Morgan fingerprint density at radius 1 is 1.53 bits per heavy atom. The number of tetrazole rings is 1. The maximum Gasteiger partial charge on any atom is 0.328 e. The summed E-state index contributed by atoms with van der Waals surface area (Å²) in [5, 5.41) is 20.2. The lowest BCUT2D eigenvalue weighted by atomic mass is 10.3. The van der Waals surface area contributed by atoms with Crippen molar-refractivity contribution in [3.05, 3.63) is 23.4 Å². The molecular formula is C9H8ClN5O2. The molecule has 0 aromatic carbocycles. The zero-order chi connectivity index (χ0) is 12.4. The Labute approximate surface area is 101 Å². The number of carboxylic acid groups (broad SMARTS) is 1. The molecule has 1 N–H and O–H groups in total. The zero-order valence-corrected chi connectivity index (χ0v) is 9.53. The molecular weight excluding hydrogens is 246 g/mol. The molecule has 0 fully saturated rings. The van der Waals surface area contributed by atoms with Gasteiger partial charge in [-0.25, -0.2) is 9.48 Å². The number of carboxylic acids is 1. The van der Waals surface area contributed by atoms with Gasteiger partial charge >= 0.3 is 5.97 Å². The monoisotopic (exact) mass is 253 g/mol. The quantitative estimate of drug-likeness (QED) is 0.878. The van der Waals surface area contributed by atoms with E-state index in [1.54, 1.807) is 12.1 Å². The van der Waals surface area contributed by atoms with Crippen molar-refractivity contribution in [1.29, 1.82) is 0 Å². The normalized spacial score (nSPS) is 12.4. The molecule has 0 aliphatic rings. The number of rotatable bonds is 3. The van der Waals surface area contributed by atoms with Crippen LogP contribution in [0, 0.1) is 0 Å². The van der Waals surface area contributed by atoms with Crippen LogP contribution in [0.4, 0.5) is 0 Å². The minimum absolute atomic E-state index is 0.288. The van der Waals surface area contributed by atoms with E-state index >= 15 is 0 Å². The van der Waals surface area contributed by atoms with Gasteiger partial charge in [0.2, 0.25) is 5.82 Å². The fourth-order valence-electron chi connectivity index (χ4n) is 1.24. The molecule has 0 amide bonds. The second-order valence-corrected chi connectivity index (χ2v) is 3.76. The number of aliphatic carboxylic acids is 1. The third-order valence-electron chi connectivity index (χ3n) is 2.17. The standard InChI is InChI=1S/C9H8ClN5O2/c1-5(9(16)17)15-8(12-13-14-15)7-3-2-6(10)4-11-7/h2-5H,1H3,(H,16,17). The van der Waals surface area contributed by atoms with E-state index in [-0.39, 0.29) is 5.82 Å². The van der Waals surface area contributed by atoms with Crippen molar-refractivity contribution in [1.82, 2.24) is 25.2 Å². The maximum atomic E-state index is 10.9. The van der Waals surface area contributed by atoms with Gasteiger partial charge in [0.25, 0.3) is 0 Å². The van der Waals surface area contributed by atoms with Gasteiger partial charge in [0.15, 0.2) is 6.04 Å². The van der Waals surface area contributed by atoms with Crippen molar-refractivity contribution in [3.8, 4) is 11.5 Å². The highest BCUT2D eigenvalue weighted by Crippen LogP contribution is 2.18. The molecule has 2 rings (SSSR count). The van der Waals surface area contributed by atoms with Crippen molar-refractivity contribution < 1.29 is 9.90 Å². The van der Waals surface area contributed by atoms with E-state index < -0.39 is 12.0 Å². The lowest BCUT2D eigenvalue weighted by Gasteiger charge is -2.07. The molecule has 0 radical (unpaired) electrons. The summed E-state index contributed by atoms with van der Waals surface area (Å²) in [4.78, 5) is 14.9. The van der Waals surface area contributed by atoms with Gasteiger partial charge in [-0.3, -0.25) is 4.98 Å². The first kappa shape index (κ1) is 11.5. The minimum atomic E-state index is -1.02. The Morgan fingerprint density at radius 2 is 2.29 bits per heavy atom. The van der Waals surface area contributed by atoms with Crippen LogP contribution in [0.5, 0.6) is 0 Å². The number of hydrogen-bond acceptors (Lipinski definition) is 5. The third kappa shape index (κ3) is 2.23. The second kappa shape index (κ2) is 4.46. The van der Waals surface area contributed by atoms with Crippen molar-refractivity contribution >= 4 is 17.6 Å². The Bertz CT molecular complexity index is 539. The first-order chi connectivity index (χ1) is 8.09. The van der Waals surface area contributed by atoms with Crippen LogP contribution in [0.25, 0.3) is 11.5 Å². The van der Waals surface area contributed by atoms with Gasteiger partial charge in [-0.15, -0.1) is 5.10 Å². The number of pyridine rings is 1. The Kier molecular flexibility index (Phi) is 3.01. The van der Waals surface area contributed by atoms with Crippen LogP contribution in [0.3, 0.4) is 0 Å². The molecule has 17 heavy (non-hydrogen) atoms. The van der Waals surface area contributed by atoms with E-state index in [4.69, 9.17) is 16.7 Å². The predicted octanol–water partition coefficient (Wildman–Crippen LogP) is 1.03. The lowest BCUT2D eigenvalue weighted by molar-refractivity contribution is -0.140. The average Bonchev–Trinajstić information content (AvgIpc) is 2.77. The highest BCUT2D eigenvalue weighted by atomic mass is 35.5. The molecule has 2 aromatic rings. The number of hydrogen-bond donors (Lipinski definition) is 1. The molecule has 88 valence electrons. The van der Waals surface area contributed by atoms with Gasteiger partial charge < -0.3 is 5.11 Å². The number of nitrogens with zero attached hydrogens (tertiary/aromatic N) is 5. The van der Waals surface area contributed by atoms with Crippen LogP contribution in [-0.2, 0) is 4.79 Å². The van der Waals surface area contributed by atoms with E-state index in [0.29, 0.717) is 10.7 Å². The first-order valence-corrected chi connectivity index (χ1v) is 5.10. The smallest absolute Gasteiger partial charge is 0.328 e. The molecule has 2 aromatic heterocycles. The highest BCUT2D eigenvalue weighted by Gasteiger charge is 2.20. The van der Waals surface area contributed by atoms with Crippen LogP contribution in [0.15, 0.2) is 18.3 Å². The van der Waals surface area contributed by atoms with Gasteiger partial charge in [-0.2, -0.15) is 0 Å². The molecule has 1 unspecified atom stereocenters. The molecule has 0 spiro atoms. The molecule has 0 saturated carbocycles. The Morgan fingerprint density at radius 3 is 2.88 bits per heavy atom. The average molecular weight is 254 g/mol. The van der Waals surface area contributed by atoms with E-state index in [2.05, 4.69) is 20.5 Å². The van der Waals surface area contributed by atoms with Gasteiger partial charge in [0.1, 0.15) is 5.69 Å². The molecule has 1 atom stereocenters. The maximum absolute atomic E-state index is 10.9. The topological polar surface area (TPSA) is 93.8 Å². The molecule has 8 heteroatoms. The lowest BCUT2D eigenvalue weighted by Crippen LogP contribution is -2.18. The fourth-order valence-corrected chi connectivity index (χ4v) is 1.35. The van der Waals surface area contributed by atoms with E-state index in [1.807, 2.05) is 0 Å². The van der Waals surface area contributed by atoms with Gasteiger partial charge in [0.05, 0.1) is 5.02 Å². The summed E-state index contributed by atoms with van der Waals surface area (Å²) in [6.07, 6.45) is 1.45. The van der Waals surface area contributed by atoms with E-state index in [0.717, 1.165) is 0 Å². The first-order valence-electron chi connectivity index (χ1n) is 4.72. The SMILES string of the molecule is CC(C(=O)O)n1nnnc1-c1ccc(Cl)cn1. The highest BCUT2D eigenvalue weighted by molar-refractivity contribution is 6.30. The van der Waals surface area contributed by atoms with Gasteiger partial charge in [0, 0.05) is 6.20 Å².